The van der Waals surface area contributed by atoms with Gasteiger partial charge in [-0.2, -0.15) is 5.10 Å². The average molecular weight is 286 g/mol. The zero-order valence-corrected chi connectivity index (χ0v) is 11.9. The van der Waals surface area contributed by atoms with Gasteiger partial charge in [0.2, 0.25) is 5.91 Å². The minimum atomic E-state index is -0.0530. The SMILES string of the molecule is Cn1ccc(NC(=O)C2CCCN(c3cnccn3)C2)n1. The molecule has 2 aromatic rings. The minimum absolute atomic E-state index is 0.0160. The molecule has 21 heavy (non-hydrogen) atoms. The zero-order valence-electron chi connectivity index (χ0n) is 11.9. The Kier molecular flexibility index (Phi) is 3.81. The van der Waals surface area contributed by atoms with E-state index in [0.29, 0.717) is 12.4 Å². The smallest absolute Gasteiger partial charge is 0.230 e. The van der Waals surface area contributed by atoms with E-state index in [4.69, 9.17) is 0 Å². The summed E-state index contributed by atoms with van der Waals surface area (Å²) in [5.74, 6) is 1.39. The summed E-state index contributed by atoms with van der Waals surface area (Å²) in [7, 11) is 1.83. The number of carbonyl (C=O) groups excluding carboxylic acids is 1. The van der Waals surface area contributed by atoms with Crippen molar-refractivity contribution >= 4 is 17.5 Å². The van der Waals surface area contributed by atoms with Crippen molar-refractivity contribution in [3.63, 3.8) is 0 Å². The molecule has 7 nitrogen and oxygen atoms in total. The van der Waals surface area contributed by atoms with Crippen LogP contribution in [0.25, 0.3) is 0 Å². The first kappa shape index (κ1) is 13.5. The predicted octanol–water partition coefficient (Wildman–Crippen LogP) is 1.07. The number of nitrogens with one attached hydrogen (secondary N) is 1. The van der Waals surface area contributed by atoms with Gasteiger partial charge in [0.15, 0.2) is 5.82 Å². The van der Waals surface area contributed by atoms with Crippen LogP contribution in [0, 0.1) is 5.92 Å². The fraction of sp³-hybridized carbons (Fsp3) is 0.429. The number of rotatable bonds is 3. The molecule has 1 fully saturated rings. The van der Waals surface area contributed by atoms with E-state index in [1.54, 1.807) is 29.3 Å². The van der Waals surface area contributed by atoms with Crippen LogP contribution in [0.1, 0.15) is 12.8 Å². The molecule has 7 heteroatoms. The van der Waals surface area contributed by atoms with Gasteiger partial charge < -0.3 is 10.2 Å². The molecule has 0 spiro atoms. The van der Waals surface area contributed by atoms with E-state index in [-0.39, 0.29) is 11.8 Å². The number of piperidine rings is 1. The minimum Gasteiger partial charge on any atom is -0.355 e. The van der Waals surface area contributed by atoms with Gasteiger partial charge in [-0.05, 0) is 12.8 Å². The lowest BCUT2D eigenvalue weighted by Gasteiger charge is -2.32. The van der Waals surface area contributed by atoms with Gasteiger partial charge in [-0.3, -0.25) is 14.5 Å². The molecule has 1 aliphatic heterocycles. The summed E-state index contributed by atoms with van der Waals surface area (Å²) in [4.78, 5) is 22.8. The topological polar surface area (TPSA) is 75.9 Å². The monoisotopic (exact) mass is 286 g/mol. The van der Waals surface area contributed by atoms with Crippen LogP contribution in [0.3, 0.4) is 0 Å². The highest BCUT2D eigenvalue weighted by Crippen LogP contribution is 2.21. The van der Waals surface area contributed by atoms with Gasteiger partial charge >= 0.3 is 0 Å². The molecule has 0 aromatic carbocycles. The third kappa shape index (κ3) is 3.18. The molecule has 0 radical (unpaired) electrons. The van der Waals surface area contributed by atoms with E-state index in [9.17, 15) is 4.79 Å². The molecule has 0 bridgehead atoms. The number of aryl methyl sites for hydroxylation is 1. The quantitative estimate of drug-likeness (QED) is 0.913. The van der Waals surface area contributed by atoms with Crippen molar-refractivity contribution in [3.8, 4) is 0 Å². The van der Waals surface area contributed by atoms with Crippen LogP contribution in [-0.4, -0.2) is 38.7 Å². The van der Waals surface area contributed by atoms with E-state index in [1.807, 2.05) is 13.2 Å². The number of aromatic nitrogens is 4. The Bertz CT molecular complexity index is 611. The number of hydrogen-bond acceptors (Lipinski definition) is 5. The largest absolute Gasteiger partial charge is 0.355 e. The molecule has 0 saturated carbocycles. The molecule has 1 N–H and O–H groups in total. The molecule has 2 aromatic heterocycles. The van der Waals surface area contributed by atoms with Gasteiger partial charge in [0.25, 0.3) is 0 Å². The van der Waals surface area contributed by atoms with Gasteiger partial charge in [0.05, 0.1) is 12.1 Å². The van der Waals surface area contributed by atoms with Crippen molar-refractivity contribution in [3.05, 3.63) is 30.9 Å². The normalized spacial score (nSPS) is 18.5. The molecule has 1 saturated heterocycles. The second kappa shape index (κ2) is 5.90. The number of anilines is 2. The van der Waals surface area contributed by atoms with E-state index < -0.39 is 0 Å². The lowest BCUT2D eigenvalue weighted by Crippen LogP contribution is -2.41. The van der Waals surface area contributed by atoms with Crippen LogP contribution < -0.4 is 10.2 Å². The summed E-state index contributed by atoms with van der Waals surface area (Å²) < 4.78 is 1.67. The maximum absolute atomic E-state index is 12.3. The van der Waals surface area contributed by atoms with Crippen LogP contribution in [-0.2, 0) is 11.8 Å². The van der Waals surface area contributed by atoms with Crippen molar-refractivity contribution in [2.24, 2.45) is 13.0 Å². The maximum atomic E-state index is 12.3. The summed E-state index contributed by atoms with van der Waals surface area (Å²) >= 11 is 0. The molecule has 3 heterocycles. The summed E-state index contributed by atoms with van der Waals surface area (Å²) in [6.45, 7) is 1.57. The molecule has 3 rings (SSSR count). The molecule has 0 aliphatic carbocycles. The molecule has 110 valence electrons. The Morgan fingerprint density at radius 2 is 2.33 bits per heavy atom. The van der Waals surface area contributed by atoms with E-state index >= 15 is 0 Å². The Balaban J connectivity index is 1.64. The van der Waals surface area contributed by atoms with Crippen LogP contribution in [0.4, 0.5) is 11.6 Å². The Hall–Kier alpha value is -2.44. The highest BCUT2D eigenvalue weighted by atomic mass is 16.2. The molecule has 1 unspecified atom stereocenters. The van der Waals surface area contributed by atoms with E-state index in [0.717, 1.165) is 25.2 Å². The van der Waals surface area contributed by atoms with Gasteiger partial charge in [-0.25, -0.2) is 4.98 Å². The Morgan fingerprint density at radius 1 is 1.43 bits per heavy atom. The first-order valence-electron chi connectivity index (χ1n) is 7.04. The van der Waals surface area contributed by atoms with Crippen LogP contribution >= 0.6 is 0 Å². The van der Waals surface area contributed by atoms with Crippen molar-refractivity contribution in [2.45, 2.75) is 12.8 Å². The summed E-state index contributed by atoms with van der Waals surface area (Å²) in [5.41, 5.74) is 0. The maximum Gasteiger partial charge on any atom is 0.230 e. The first-order valence-corrected chi connectivity index (χ1v) is 7.04. The average Bonchev–Trinajstić information content (AvgIpc) is 2.93. The fourth-order valence-electron chi connectivity index (χ4n) is 2.56. The second-order valence-electron chi connectivity index (χ2n) is 5.21. The predicted molar refractivity (Wildman–Crippen MR) is 78.8 cm³/mol. The van der Waals surface area contributed by atoms with Gasteiger partial charge in [0, 0.05) is 44.8 Å². The lowest BCUT2D eigenvalue weighted by molar-refractivity contribution is -0.120. The van der Waals surface area contributed by atoms with E-state index in [1.165, 1.54) is 0 Å². The third-order valence-electron chi connectivity index (χ3n) is 3.63. The third-order valence-corrected chi connectivity index (χ3v) is 3.63. The first-order chi connectivity index (χ1) is 10.2. The standard InChI is InChI=1S/C14H18N6O/c1-19-8-4-12(18-19)17-14(21)11-3-2-7-20(10-11)13-9-15-5-6-16-13/h4-6,8-9,11H,2-3,7,10H2,1H3,(H,17,18,21). The summed E-state index contributed by atoms with van der Waals surface area (Å²) in [6, 6.07) is 1.79. The number of hydrogen-bond donors (Lipinski definition) is 1. The number of amides is 1. The zero-order chi connectivity index (χ0) is 14.7. The lowest BCUT2D eigenvalue weighted by atomic mass is 9.97. The van der Waals surface area contributed by atoms with Gasteiger partial charge in [-0.1, -0.05) is 0 Å². The number of carbonyl (C=O) groups is 1. The Labute approximate surface area is 123 Å². The highest BCUT2D eigenvalue weighted by Gasteiger charge is 2.26. The van der Waals surface area contributed by atoms with Gasteiger partial charge in [0.1, 0.15) is 5.82 Å². The molecule has 1 amide bonds. The molecular weight excluding hydrogens is 268 g/mol. The summed E-state index contributed by atoms with van der Waals surface area (Å²) in [6.07, 6.45) is 8.72. The van der Waals surface area contributed by atoms with Crippen LogP contribution in [0.2, 0.25) is 0 Å². The number of nitrogens with zero attached hydrogens (tertiary/aromatic N) is 5. The van der Waals surface area contributed by atoms with Gasteiger partial charge in [-0.15, -0.1) is 0 Å². The van der Waals surface area contributed by atoms with Crippen molar-refractivity contribution in [1.29, 1.82) is 0 Å². The van der Waals surface area contributed by atoms with Crippen LogP contribution in [0.5, 0.6) is 0 Å². The van der Waals surface area contributed by atoms with Crippen LogP contribution in [0.15, 0.2) is 30.9 Å². The van der Waals surface area contributed by atoms with Crippen molar-refractivity contribution in [1.82, 2.24) is 19.7 Å². The molecule has 1 aliphatic rings. The highest BCUT2D eigenvalue weighted by molar-refractivity contribution is 5.92. The molecular formula is C14H18N6O. The van der Waals surface area contributed by atoms with Crippen molar-refractivity contribution in [2.75, 3.05) is 23.3 Å². The second-order valence-corrected chi connectivity index (χ2v) is 5.21. The molecule has 1 atom stereocenters. The van der Waals surface area contributed by atoms with E-state index in [2.05, 4.69) is 25.3 Å². The summed E-state index contributed by atoms with van der Waals surface area (Å²) in [5, 5.41) is 7.04. The Morgan fingerprint density at radius 3 is 3.05 bits per heavy atom. The van der Waals surface area contributed by atoms with Crippen molar-refractivity contribution < 1.29 is 4.79 Å². The fourth-order valence-corrected chi connectivity index (χ4v) is 2.56.